The zero-order valence-corrected chi connectivity index (χ0v) is 20.6. The molecule has 0 fully saturated rings. The third-order valence-corrected chi connectivity index (χ3v) is 8.36. The molecule has 33 heavy (non-hydrogen) atoms. The summed E-state index contributed by atoms with van der Waals surface area (Å²) in [6.45, 7) is 0.329. The maximum atomic E-state index is 12.4. The molecule has 0 saturated carbocycles. The lowest BCUT2D eigenvalue weighted by molar-refractivity contribution is 0.315. The van der Waals surface area contributed by atoms with Crippen LogP contribution in [0.3, 0.4) is 0 Å². The van der Waals surface area contributed by atoms with Crippen molar-refractivity contribution in [1.82, 2.24) is 14.9 Å². The number of hydrogen-bond acceptors (Lipinski definition) is 5. The molecule has 2 aromatic carbocycles. The van der Waals surface area contributed by atoms with Gasteiger partial charge in [0.2, 0.25) is 0 Å². The van der Waals surface area contributed by atoms with Gasteiger partial charge in [-0.05, 0) is 67.6 Å². The molecule has 1 aliphatic rings. The Morgan fingerprint density at radius 1 is 1.24 bits per heavy atom. The minimum absolute atomic E-state index is 0.00587. The van der Waals surface area contributed by atoms with E-state index in [-0.39, 0.29) is 16.7 Å². The fraction of sp³-hybridized carbons (Fsp3) is 0.400. The Morgan fingerprint density at radius 2 is 2.06 bits per heavy atom. The van der Waals surface area contributed by atoms with Crippen molar-refractivity contribution in [3.05, 3.63) is 76.7 Å². The zero-order chi connectivity index (χ0) is 23.4. The molecule has 2 unspecified atom stereocenters. The van der Waals surface area contributed by atoms with Gasteiger partial charge in [0.05, 0.1) is 18.7 Å². The number of likely N-dealkylation sites (N-methyl/N-ethyl adjacent to an activating group) is 1. The van der Waals surface area contributed by atoms with E-state index in [0.717, 1.165) is 35.6 Å². The lowest BCUT2D eigenvalue weighted by Crippen LogP contribution is -2.37. The van der Waals surface area contributed by atoms with E-state index >= 15 is 0 Å². The van der Waals surface area contributed by atoms with Gasteiger partial charge in [-0.25, -0.2) is 13.4 Å². The quantitative estimate of drug-likeness (QED) is 0.458. The van der Waals surface area contributed by atoms with E-state index in [2.05, 4.69) is 28.5 Å². The van der Waals surface area contributed by atoms with Crippen LogP contribution in [0.2, 0.25) is 5.02 Å². The van der Waals surface area contributed by atoms with E-state index < -0.39 is 9.84 Å². The van der Waals surface area contributed by atoms with Crippen molar-refractivity contribution in [1.29, 1.82) is 0 Å². The van der Waals surface area contributed by atoms with Crippen LogP contribution in [0.25, 0.3) is 0 Å². The summed E-state index contributed by atoms with van der Waals surface area (Å²) >= 11 is 6.46. The number of rotatable bonds is 9. The van der Waals surface area contributed by atoms with E-state index in [9.17, 15) is 8.42 Å². The first-order chi connectivity index (χ1) is 15.9. The largest absolute Gasteiger partial charge is 0.494 e. The van der Waals surface area contributed by atoms with Gasteiger partial charge < -0.3 is 14.6 Å². The van der Waals surface area contributed by atoms with Gasteiger partial charge in [-0.3, -0.25) is 0 Å². The number of imidazole rings is 1. The highest BCUT2D eigenvalue weighted by Gasteiger charge is 2.29. The summed E-state index contributed by atoms with van der Waals surface area (Å²) < 4.78 is 32.4. The van der Waals surface area contributed by atoms with Crippen LogP contribution in [-0.4, -0.2) is 43.4 Å². The van der Waals surface area contributed by atoms with Crippen molar-refractivity contribution in [3.63, 3.8) is 0 Å². The predicted octanol–water partition coefficient (Wildman–Crippen LogP) is 4.18. The third-order valence-electron chi connectivity index (χ3n) is 6.32. The first-order valence-corrected chi connectivity index (χ1v) is 13.3. The molecule has 1 aromatic heterocycles. The normalized spacial score (nSPS) is 18.2. The molecule has 2 atom stereocenters. The maximum Gasteiger partial charge on any atom is 0.197 e. The van der Waals surface area contributed by atoms with Gasteiger partial charge in [-0.1, -0.05) is 35.9 Å². The van der Waals surface area contributed by atoms with Gasteiger partial charge in [0.15, 0.2) is 14.9 Å². The Kier molecular flexibility index (Phi) is 7.41. The summed E-state index contributed by atoms with van der Waals surface area (Å²) in [4.78, 5) is 3.96. The van der Waals surface area contributed by atoms with Crippen molar-refractivity contribution < 1.29 is 13.2 Å². The molecular weight excluding hydrogens is 458 g/mol. The molecule has 0 saturated heterocycles. The topological polar surface area (TPSA) is 73.2 Å². The third kappa shape index (κ3) is 5.60. The monoisotopic (exact) mass is 487 g/mol. The van der Waals surface area contributed by atoms with Crippen LogP contribution in [0.1, 0.15) is 35.4 Å². The van der Waals surface area contributed by atoms with Crippen molar-refractivity contribution in [2.45, 2.75) is 42.7 Å². The van der Waals surface area contributed by atoms with E-state index in [4.69, 9.17) is 16.3 Å². The SMILES string of the molecule is CNC1CCc2ccc(OCCCS(=O)(=O)c3cn(C)cn3)cc2C1Cc1ccccc1Cl. The smallest absolute Gasteiger partial charge is 0.197 e. The van der Waals surface area contributed by atoms with Crippen LogP contribution < -0.4 is 10.1 Å². The van der Waals surface area contributed by atoms with E-state index in [1.54, 1.807) is 11.6 Å². The summed E-state index contributed by atoms with van der Waals surface area (Å²) in [5.41, 5.74) is 3.76. The average molecular weight is 488 g/mol. The number of nitrogens with one attached hydrogen (secondary N) is 1. The minimum Gasteiger partial charge on any atom is -0.494 e. The first-order valence-electron chi connectivity index (χ1n) is 11.2. The van der Waals surface area contributed by atoms with E-state index in [0.29, 0.717) is 19.1 Å². The summed E-state index contributed by atoms with van der Waals surface area (Å²) in [6, 6.07) is 14.6. The van der Waals surface area contributed by atoms with Gasteiger partial charge in [0.1, 0.15) is 5.75 Å². The molecule has 0 spiro atoms. The number of hydrogen-bond donors (Lipinski definition) is 1. The average Bonchev–Trinajstić information content (AvgIpc) is 3.26. The predicted molar refractivity (Wildman–Crippen MR) is 131 cm³/mol. The Hall–Kier alpha value is -2.35. The highest BCUT2D eigenvalue weighted by atomic mass is 35.5. The molecule has 6 nitrogen and oxygen atoms in total. The molecule has 0 amide bonds. The van der Waals surface area contributed by atoms with Crippen LogP contribution in [0.4, 0.5) is 0 Å². The number of ether oxygens (including phenoxy) is 1. The summed E-state index contributed by atoms with van der Waals surface area (Å²) in [6.07, 6.45) is 6.36. The summed E-state index contributed by atoms with van der Waals surface area (Å²) in [7, 11) is 0.365. The molecule has 0 aliphatic heterocycles. The fourth-order valence-corrected chi connectivity index (χ4v) is 6.01. The Labute approximate surface area is 200 Å². The van der Waals surface area contributed by atoms with Crippen LogP contribution in [0, 0.1) is 0 Å². The number of sulfone groups is 1. The van der Waals surface area contributed by atoms with Crippen LogP contribution in [-0.2, 0) is 29.7 Å². The first kappa shape index (κ1) is 23.8. The molecule has 176 valence electrons. The van der Waals surface area contributed by atoms with Crippen molar-refractivity contribution in [2.24, 2.45) is 7.05 Å². The molecule has 0 radical (unpaired) electrons. The van der Waals surface area contributed by atoms with Gasteiger partial charge in [-0.15, -0.1) is 0 Å². The number of halogens is 1. The molecule has 8 heteroatoms. The number of fused-ring (bicyclic) bond motifs is 1. The second-order valence-electron chi connectivity index (χ2n) is 8.59. The summed E-state index contributed by atoms with van der Waals surface area (Å²) in [5, 5.41) is 4.39. The van der Waals surface area contributed by atoms with E-state index in [1.807, 2.05) is 31.3 Å². The Morgan fingerprint density at radius 3 is 2.79 bits per heavy atom. The molecule has 1 heterocycles. The second kappa shape index (κ2) is 10.3. The van der Waals surface area contributed by atoms with Crippen LogP contribution >= 0.6 is 11.6 Å². The van der Waals surface area contributed by atoms with Crippen molar-refractivity contribution >= 4 is 21.4 Å². The standard InChI is InChI=1S/C25H30ClN3O3S/c1-27-24-11-9-18-8-10-20(15-21(18)22(24)14-19-6-3-4-7-23(19)26)32-12-5-13-33(30,31)25-16-29(2)17-28-25/h3-4,6-8,10,15-17,22,24,27H,5,9,11-14H2,1-2H3. The Bertz CT molecular complexity index is 1210. The highest BCUT2D eigenvalue weighted by Crippen LogP contribution is 2.37. The number of aryl methyl sites for hydroxylation is 2. The number of aromatic nitrogens is 2. The van der Waals surface area contributed by atoms with E-state index in [1.165, 1.54) is 23.7 Å². The van der Waals surface area contributed by atoms with Gasteiger partial charge in [0.25, 0.3) is 0 Å². The van der Waals surface area contributed by atoms with Crippen molar-refractivity contribution in [3.8, 4) is 5.75 Å². The second-order valence-corrected chi connectivity index (χ2v) is 11.1. The van der Waals surface area contributed by atoms with Gasteiger partial charge in [0, 0.05) is 30.2 Å². The number of benzene rings is 2. The summed E-state index contributed by atoms with van der Waals surface area (Å²) in [5.74, 6) is 1.06. The van der Waals surface area contributed by atoms with Gasteiger partial charge >= 0.3 is 0 Å². The molecule has 1 N–H and O–H groups in total. The Balaban J connectivity index is 1.44. The molecule has 1 aliphatic carbocycles. The molecular formula is C25H30ClN3O3S. The van der Waals surface area contributed by atoms with Gasteiger partial charge in [-0.2, -0.15) is 0 Å². The minimum atomic E-state index is -3.40. The van der Waals surface area contributed by atoms with Crippen molar-refractivity contribution in [2.75, 3.05) is 19.4 Å². The molecule has 4 rings (SSSR count). The zero-order valence-electron chi connectivity index (χ0n) is 19.0. The lowest BCUT2D eigenvalue weighted by atomic mass is 9.76. The highest BCUT2D eigenvalue weighted by molar-refractivity contribution is 7.91. The fourth-order valence-electron chi connectivity index (χ4n) is 4.56. The lowest BCUT2D eigenvalue weighted by Gasteiger charge is -2.34. The molecule has 3 aromatic rings. The number of nitrogens with zero attached hydrogens (tertiary/aromatic N) is 2. The molecule has 0 bridgehead atoms. The maximum absolute atomic E-state index is 12.4. The van der Waals surface area contributed by atoms with Crippen LogP contribution in [0.5, 0.6) is 5.75 Å². The van der Waals surface area contributed by atoms with Crippen LogP contribution in [0.15, 0.2) is 60.0 Å².